The lowest BCUT2D eigenvalue weighted by Crippen LogP contribution is -2.49. The number of ether oxygens (including phenoxy) is 1. The Hall–Kier alpha value is -2.56. The smallest absolute Gasteiger partial charge is 0.340 e. The average Bonchev–Trinajstić information content (AvgIpc) is 2.59. The van der Waals surface area contributed by atoms with Gasteiger partial charge in [0.05, 0.1) is 5.56 Å². The van der Waals surface area contributed by atoms with Crippen molar-refractivity contribution in [3.05, 3.63) is 42.0 Å². The van der Waals surface area contributed by atoms with Gasteiger partial charge in [0, 0.05) is 17.8 Å². The summed E-state index contributed by atoms with van der Waals surface area (Å²) in [5.41, 5.74) is 6.64. The second-order valence-electron chi connectivity index (χ2n) is 6.79. The molecular weight excluding hydrogens is 316 g/mol. The summed E-state index contributed by atoms with van der Waals surface area (Å²) in [7, 11) is 0. The van der Waals surface area contributed by atoms with E-state index in [2.05, 4.69) is 0 Å². The molecular formula is C20H24N2O3. The van der Waals surface area contributed by atoms with Crippen LogP contribution in [0.25, 0.3) is 10.8 Å². The number of piperidine rings is 1. The minimum atomic E-state index is -0.561. The Kier molecular flexibility index (Phi) is 4.93. The SMILES string of the molecule is CC1CCCC(C)N1C(=O)COC(=O)c1cc2ccccc2cc1N. The summed E-state index contributed by atoms with van der Waals surface area (Å²) < 4.78 is 5.26. The van der Waals surface area contributed by atoms with Crippen LogP contribution < -0.4 is 5.73 Å². The predicted molar refractivity (Wildman–Crippen MR) is 98.3 cm³/mol. The number of hydrogen-bond donors (Lipinski definition) is 1. The van der Waals surface area contributed by atoms with Crippen molar-refractivity contribution < 1.29 is 14.3 Å². The van der Waals surface area contributed by atoms with E-state index in [4.69, 9.17) is 10.5 Å². The first-order chi connectivity index (χ1) is 12.0. The maximum atomic E-state index is 12.5. The normalized spacial score (nSPS) is 20.5. The Labute approximate surface area is 147 Å². The molecule has 132 valence electrons. The summed E-state index contributed by atoms with van der Waals surface area (Å²) in [6, 6.07) is 11.5. The summed E-state index contributed by atoms with van der Waals surface area (Å²) in [5, 5.41) is 1.87. The number of anilines is 1. The number of amides is 1. The highest BCUT2D eigenvalue weighted by Crippen LogP contribution is 2.24. The fourth-order valence-corrected chi connectivity index (χ4v) is 3.63. The van der Waals surface area contributed by atoms with Crippen LogP contribution in [0.15, 0.2) is 36.4 Å². The molecule has 0 bridgehead atoms. The Morgan fingerprint density at radius 2 is 1.72 bits per heavy atom. The predicted octanol–water partition coefficient (Wildman–Crippen LogP) is 3.37. The van der Waals surface area contributed by atoms with Gasteiger partial charge in [0.1, 0.15) is 0 Å². The average molecular weight is 340 g/mol. The highest BCUT2D eigenvalue weighted by atomic mass is 16.5. The van der Waals surface area contributed by atoms with Gasteiger partial charge < -0.3 is 15.4 Å². The zero-order valence-corrected chi connectivity index (χ0v) is 14.7. The largest absolute Gasteiger partial charge is 0.452 e. The zero-order chi connectivity index (χ0) is 18.0. The Bertz CT molecular complexity index is 793. The quantitative estimate of drug-likeness (QED) is 0.687. The maximum absolute atomic E-state index is 12.5. The van der Waals surface area contributed by atoms with Crippen LogP contribution in [0.1, 0.15) is 43.5 Å². The second-order valence-corrected chi connectivity index (χ2v) is 6.79. The number of nitrogens with two attached hydrogens (primary N) is 1. The molecule has 5 nitrogen and oxygen atoms in total. The van der Waals surface area contributed by atoms with E-state index in [1.165, 1.54) is 0 Å². The van der Waals surface area contributed by atoms with Crippen molar-refractivity contribution in [2.75, 3.05) is 12.3 Å². The number of nitrogen functional groups attached to an aromatic ring is 1. The molecule has 1 amide bonds. The van der Waals surface area contributed by atoms with Crippen molar-refractivity contribution in [1.29, 1.82) is 0 Å². The minimum absolute atomic E-state index is 0.146. The van der Waals surface area contributed by atoms with Crippen LogP contribution in [0.2, 0.25) is 0 Å². The van der Waals surface area contributed by atoms with Gasteiger partial charge in [-0.2, -0.15) is 0 Å². The summed E-state index contributed by atoms with van der Waals surface area (Å²) in [6.07, 6.45) is 3.10. The van der Waals surface area contributed by atoms with Crippen molar-refractivity contribution in [1.82, 2.24) is 4.90 Å². The maximum Gasteiger partial charge on any atom is 0.340 e. The first-order valence-electron chi connectivity index (χ1n) is 8.74. The molecule has 1 fully saturated rings. The first-order valence-corrected chi connectivity index (χ1v) is 8.74. The van der Waals surface area contributed by atoms with Crippen molar-refractivity contribution in [2.45, 2.75) is 45.2 Å². The summed E-state index contributed by atoms with van der Waals surface area (Å²) >= 11 is 0. The molecule has 0 radical (unpaired) electrons. The van der Waals surface area contributed by atoms with E-state index in [9.17, 15) is 9.59 Å². The summed E-state index contributed by atoms with van der Waals surface area (Å²) in [4.78, 5) is 26.7. The molecule has 0 spiro atoms. The molecule has 1 aliphatic heterocycles. The number of benzene rings is 2. The minimum Gasteiger partial charge on any atom is -0.452 e. The lowest BCUT2D eigenvalue weighted by atomic mass is 9.97. The standard InChI is InChI=1S/C20H24N2O3/c1-13-6-5-7-14(2)22(13)19(23)12-25-20(24)17-10-15-8-3-4-9-16(15)11-18(17)21/h3-4,8-11,13-14H,5-7,12,21H2,1-2H3. The van der Waals surface area contributed by atoms with Gasteiger partial charge in [0.2, 0.25) is 0 Å². The van der Waals surface area contributed by atoms with E-state index in [1.807, 2.05) is 43.0 Å². The van der Waals surface area contributed by atoms with Crippen LogP contribution >= 0.6 is 0 Å². The third-order valence-corrected chi connectivity index (χ3v) is 4.95. The van der Waals surface area contributed by atoms with E-state index < -0.39 is 5.97 Å². The number of likely N-dealkylation sites (tertiary alicyclic amines) is 1. The number of carbonyl (C=O) groups excluding carboxylic acids is 2. The molecule has 2 aromatic carbocycles. The highest BCUT2D eigenvalue weighted by Gasteiger charge is 2.29. The van der Waals surface area contributed by atoms with Crippen molar-refractivity contribution in [2.24, 2.45) is 0 Å². The third-order valence-electron chi connectivity index (χ3n) is 4.95. The number of rotatable bonds is 3. The van der Waals surface area contributed by atoms with Gasteiger partial charge in [-0.15, -0.1) is 0 Å². The zero-order valence-electron chi connectivity index (χ0n) is 14.7. The lowest BCUT2D eigenvalue weighted by molar-refractivity contribution is -0.140. The molecule has 0 aliphatic carbocycles. The van der Waals surface area contributed by atoms with Crippen molar-refractivity contribution >= 4 is 28.3 Å². The van der Waals surface area contributed by atoms with E-state index >= 15 is 0 Å². The third kappa shape index (κ3) is 3.60. The van der Waals surface area contributed by atoms with E-state index in [0.29, 0.717) is 11.3 Å². The van der Waals surface area contributed by atoms with Gasteiger partial charge in [-0.25, -0.2) is 4.79 Å². The number of hydrogen-bond acceptors (Lipinski definition) is 4. The molecule has 1 heterocycles. The molecule has 5 heteroatoms. The monoisotopic (exact) mass is 340 g/mol. The molecule has 1 saturated heterocycles. The summed E-state index contributed by atoms with van der Waals surface area (Å²) in [5.74, 6) is -0.707. The molecule has 0 saturated carbocycles. The van der Waals surface area contributed by atoms with Gasteiger partial charge in [-0.3, -0.25) is 4.79 Å². The Morgan fingerprint density at radius 1 is 1.12 bits per heavy atom. The van der Waals surface area contributed by atoms with Crippen LogP contribution in [-0.2, 0) is 9.53 Å². The number of fused-ring (bicyclic) bond motifs is 1. The fraction of sp³-hybridized carbons (Fsp3) is 0.400. The van der Waals surface area contributed by atoms with Gasteiger partial charge in [0.25, 0.3) is 5.91 Å². The molecule has 25 heavy (non-hydrogen) atoms. The van der Waals surface area contributed by atoms with Crippen LogP contribution in [0, 0.1) is 0 Å². The molecule has 2 unspecified atom stereocenters. The van der Waals surface area contributed by atoms with Crippen LogP contribution in [0.3, 0.4) is 0 Å². The van der Waals surface area contributed by atoms with Gasteiger partial charge >= 0.3 is 5.97 Å². The fourth-order valence-electron chi connectivity index (χ4n) is 3.63. The second kappa shape index (κ2) is 7.13. The van der Waals surface area contributed by atoms with E-state index in [1.54, 1.807) is 12.1 Å². The molecule has 1 aliphatic rings. The van der Waals surface area contributed by atoms with Crippen LogP contribution in [-0.4, -0.2) is 35.5 Å². The highest BCUT2D eigenvalue weighted by molar-refractivity contribution is 6.01. The topological polar surface area (TPSA) is 72.6 Å². The molecule has 2 aromatic rings. The van der Waals surface area contributed by atoms with Gasteiger partial charge in [-0.1, -0.05) is 24.3 Å². The summed E-state index contributed by atoms with van der Waals surface area (Å²) in [6.45, 7) is 3.83. The van der Waals surface area contributed by atoms with Gasteiger partial charge in [-0.05, 0) is 56.0 Å². The Balaban J connectivity index is 1.70. The number of nitrogens with zero attached hydrogens (tertiary/aromatic N) is 1. The van der Waals surface area contributed by atoms with Crippen molar-refractivity contribution in [3.8, 4) is 0 Å². The first kappa shape index (κ1) is 17.3. The Morgan fingerprint density at radius 3 is 2.36 bits per heavy atom. The van der Waals surface area contributed by atoms with Gasteiger partial charge in [0.15, 0.2) is 6.61 Å². The lowest BCUT2D eigenvalue weighted by Gasteiger charge is -2.38. The molecule has 2 atom stereocenters. The number of esters is 1. The van der Waals surface area contributed by atoms with E-state index in [-0.39, 0.29) is 24.6 Å². The van der Waals surface area contributed by atoms with E-state index in [0.717, 1.165) is 30.0 Å². The molecule has 3 rings (SSSR count). The number of carbonyl (C=O) groups is 2. The molecule has 0 aromatic heterocycles. The van der Waals surface area contributed by atoms with Crippen molar-refractivity contribution in [3.63, 3.8) is 0 Å². The van der Waals surface area contributed by atoms with Crippen LogP contribution in [0.4, 0.5) is 5.69 Å². The molecule has 2 N–H and O–H groups in total. The van der Waals surface area contributed by atoms with Crippen LogP contribution in [0.5, 0.6) is 0 Å².